The molecule has 1 nitrogen and oxygen atoms in total. The van der Waals surface area contributed by atoms with Crippen LogP contribution in [-0.4, -0.2) is 12.8 Å². The lowest BCUT2D eigenvalue weighted by molar-refractivity contribution is 0.144. The zero-order valence-corrected chi connectivity index (χ0v) is 10.1. The van der Waals surface area contributed by atoms with Crippen molar-refractivity contribution >= 4 is 11.8 Å². The van der Waals surface area contributed by atoms with E-state index in [4.69, 9.17) is 5.73 Å². The summed E-state index contributed by atoms with van der Waals surface area (Å²) in [6, 6.07) is 8.72. The van der Waals surface area contributed by atoms with Gasteiger partial charge in [0.1, 0.15) is 0 Å². The summed E-state index contributed by atoms with van der Waals surface area (Å²) in [5.74, 6) is 0. The van der Waals surface area contributed by atoms with Gasteiger partial charge in [0.05, 0.1) is 0 Å². The van der Waals surface area contributed by atoms with Gasteiger partial charge in [0.25, 0.3) is 0 Å². The lowest BCUT2D eigenvalue weighted by Crippen LogP contribution is -2.39. The second-order valence-electron chi connectivity index (χ2n) is 4.55. The van der Waals surface area contributed by atoms with E-state index in [1.54, 1.807) is 0 Å². The van der Waals surface area contributed by atoms with Crippen molar-refractivity contribution in [2.24, 2.45) is 11.1 Å². The van der Waals surface area contributed by atoms with Gasteiger partial charge in [0.2, 0.25) is 0 Å². The van der Waals surface area contributed by atoms with Gasteiger partial charge in [0, 0.05) is 4.90 Å². The lowest BCUT2D eigenvalue weighted by Gasteiger charge is -2.41. The molecular formula is C13H19NS. The Labute approximate surface area is 96.4 Å². The fourth-order valence-corrected chi connectivity index (χ4v) is 3.00. The first-order valence-corrected chi connectivity index (χ1v) is 6.84. The van der Waals surface area contributed by atoms with E-state index in [1.807, 2.05) is 11.8 Å². The first-order chi connectivity index (χ1) is 7.29. The van der Waals surface area contributed by atoms with Crippen molar-refractivity contribution in [2.45, 2.75) is 30.6 Å². The molecule has 0 aliphatic heterocycles. The van der Waals surface area contributed by atoms with Gasteiger partial charge in [-0.25, -0.2) is 0 Å². The Bertz CT molecular complexity index is 326. The van der Waals surface area contributed by atoms with E-state index < -0.39 is 0 Å². The van der Waals surface area contributed by atoms with E-state index in [-0.39, 0.29) is 0 Å². The van der Waals surface area contributed by atoms with E-state index in [9.17, 15) is 0 Å². The summed E-state index contributed by atoms with van der Waals surface area (Å²) in [7, 11) is 0. The molecule has 1 fully saturated rings. The minimum atomic E-state index is 0.422. The van der Waals surface area contributed by atoms with Crippen LogP contribution < -0.4 is 5.73 Å². The third-order valence-electron chi connectivity index (χ3n) is 3.61. The predicted molar refractivity (Wildman–Crippen MR) is 67.3 cm³/mol. The van der Waals surface area contributed by atoms with Crippen LogP contribution in [0.25, 0.3) is 0 Å². The van der Waals surface area contributed by atoms with Crippen LogP contribution in [0.4, 0.5) is 0 Å². The molecule has 82 valence electrons. The second kappa shape index (κ2) is 4.58. The maximum absolute atomic E-state index is 5.90. The average molecular weight is 221 g/mol. The van der Waals surface area contributed by atoms with Gasteiger partial charge in [0.15, 0.2) is 0 Å². The minimum absolute atomic E-state index is 0.422. The second-order valence-corrected chi connectivity index (χ2v) is 5.39. The molecule has 0 radical (unpaired) electrons. The van der Waals surface area contributed by atoms with Crippen molar-refractivity contribution in [2.75, 3.05) is 12.8 Å². The number of nitrogens with two attached hydrogens (primary N) is 1. The van der Waals surface area contributed by atoms with Crippen LogP contribution in [0.15, 0.2) is 29.2 Å². The molecule has 2 rings (SSSR count). The fourth-order valence-electron chi connectivity index (χ4n) is 2.38. The van der Waals surface area contributed by atoms with Crippen LogP contribution in [0.1, 0.15) is 24.8 Å². The third kappa shape index (κ3) is 2.21. The van der Waals surface area contributed by atoms with E-state index in [0.29, 0.717) is 5.41 Å². The van der Waals surface area contributed by atoms with E-state index >= 15 is 0 Å². The van der Waals surface area contributed by atoms with Crippen molar-refractivity contribution in [3.8, 4) is 0 Å². The number of benzene rings is 1. The molecule has 0 amide bonds. The summed E-state index contributed by atoms with van der Waals surface area (Å²) in [5, 5.41) is 0. The first-order valence-electron chi connectivity index (χ1n) is 5.62. The molecule has 1 aromatic carbocycles. The van der Waals surface area contributed by atoms with Crippen LogP contribution in [0.3, 0.4) is 0 Å². The molecule has 1 aliphatic carbocycles. The molecule has 1 saturated carbocycles. The van der Waals surface area contributed by atoms with Crippen LogP contribution in [0.2, 0.25) is 0 Å². The van der Waals surface area contributed by atoms with Crippen LogP contribution >= 0.6 is 11.8 Å². The van der Waals surface area contributed by atoms with E-state index in [0.717, 1.165) is 6.54 Å². The Morgan fingerprint density at radius 2 is 2.07 bits per heavy atom. The van der Waals surface area contributed by atoms with Crippen molar-refractivity contribution in [1.29, 1.82) is 0 Å². The van der Waals surface area contributed by atoms with Gasteiger partial charge in [-0.05, 0) is 49.1 Å². The Kier molecular flexibility index (Phi) is 3.37. The maximum Gasteiger partial charge on any atom is 0.0101 e. The van der Waals surface area contributed by atoms with Crippen molar-refractivity contribution in [3.63, 3.8) is 0 Å². The number of hydrogen-bond donors (Lipinski definition) is 1. The zero-order valence-electron chi connectivity index (χ0n) is 9.33. The lowest BCUT2D eigenvalue weighted by atomic mass is 9.65. The summed E-state index contributed by atoms with van der Waals surface area (Å²) in [4.78, 5) is 1.41. The van der Waals surface area contributed by atoms with Gasteiger partial charge in [-0.3, -0.25) is 0 Å². The summed E-state index contributed by atoms with van der Waals surface area (Å²) in [5.41, 5.74) is 7.81. The Morgan fingerprint density at radius 3 is 2.60 bits per heavy atom. The largest absolute Gasteiger partial charge is 0.330 e. The molecule has 0 spiro atoms. The molecule has 0 atom stereocenters. The Balaban J connectivity index is 2.15. The summed E-state index contributed by atoms with van der Waals surface area (Å²) in [6.07, 6.45) is 7.30. The van der Waals surface area contributed by atoms with Gasteiger partial charge in [-0.15, -0.1) is 11.8 Å². The van der Waals surface area contributed by atoms with Crippen LogP contribution in [-0.2, 0) is 6.42 Å². The van der Waals surface area contributed by atoms with Crippen molar-refractivity contribution in [1.82, 2.24) is 0 Å². The molecule has 1 aromatic rings. The highest BCUT2D eigenvalue weighted by molar-refractivity contribution is 7.98. The molecule has 0 aromatic heterocycles. The SMILES string of the molecule is CSc1ccccc1CC1(CN)CCC1. The van der Waals surface area contributed by atoms with E-state index in [2.05, 4.69) is 30.5 Å². The molecule has 2 N–H and O–H groups in total. The predicted octanol–water partition coefficient (Wildman–Crippen LogP) is 3.08. The minimum Gasteiger partial charge on any atom is -0.330 e. The van der Waals surface area contributed by atoms with Crippen LogP contribution in [0, 0.1) is 5.41 Å². The van der Waals surface area contributed by atoms with Gasteiger partial charge < -0.3 is 5.73 Å². The molecule has 0 unspecified atom stereocenters. The molecule has 1 aliphatic rings. The smallest absolute Gasteiger partial charge is 0.0101 e. The number of thioether (sulfide) groups is 1. The Morgan fingerprint density at radius 1 is 1.33 bits per heavy atom. The van der Waals surface area contributed by atoms with Crippen molar-refractivity contribution < 1.29 is 0 Å². The van der Waals surface area contributed by atoms with Gasteiger partial charge >= 0.3 is 0 Å². The number of hydrogen-bond acceptors (Lipinski definition) is 2. The summed E-state index contributed by atoms with van der Waals surface area (Å²) in [6.45, 7) is 0.843. The molecular weight excluding hydrogens is 202 g/mol. The average Bonchev–Trinajstić information content (AvgIpc) is 2.24. The zero-order chi connectivity index (χ0) is 10.7. The molecule has 0 bridgehead atoms. The highest BCUT2D eigenvalue weighted by Crippen LogP contribution is 2.43. The number of rotatable bonds is 4. The van der Waals surface area contributed by atoms with Gasteiger partial charge in [-0.2, -0.15) is 0 Å². The standard InChI is InChI=1S/C13H19NS/c1-15-12-6-3-2-5-11(12)9-13(10-14)7-4-8-13/h2-3,5-6H,4,7-10,14H2,1H3. The fraction of sp³-hybridized carbons (Fsp3) is 0.538. The molecule has 2 heteroatoms. The molecule has 0 heterocycles. The van der Waals surface area contributed by atoms with Crippen molar-refractivity contribution in [3.05, 3.63) is 29.8 Å². The molecule has 0 saturated heterocycles. The highest BCUT2D eigenvalue weighted by atomic mass is 32.2. The Hall–Kier alpha value is -0.470. The van der Waals surface area contributed by atoms with E-state index in [1.165, 1.54) is 36.1 Å². The quantitative estimate of drug-likeness (QED) is 0.791. The summed E-state index contributed by atoms with van der Waals surface area (Å²) >= 11 is 1.84. The summed E-state index contributed by atoms with van der Waals surface area (Å²) < 4.78 is 0. The monoisotopic (exact) mass is 221 g/mol. The third-order valence-corrected chi connectivity index (χ3v) is 4.44. The van der Waals surface area contributed by atoms with Crippen LogP contribution in [0.5, 0.6) is 0 Å². The maximum atomic E-state index is 5.90. The topological polar surface area (TPSA) is 26.0 Å². The highest BCUT2D eigenvalue weighted by Gasteiger charge is 2.35. The van der Waals surface area contributed by atoms with Gasteiger partial charge in [-0.1, -0.05) is 24.6 Å². The first kappa shape index (κ1) is 11.0. The normalized spacial score (nSPS) is 18.5. The molecule has 15 heavy (non-hydrogen) atoms.